The molecule has 5 nitrogen and oxygen atoms in total. The first-order chi connectivity index (χ1) is 12.3. The molecule has 1 amide bonds. The second-order valence-corrected chi connectivity index (χ2v) is 6.43. The fraction of sp³-hybridized carbons (Fsp3) is 0.350. The minimum Gasteiger partial charge on any atom is -0.454 e. The van der Waals surface area contributed by atoms with Gasteiger partial charge in [0.05, 0.1) is 0 Å². The number of fused-ring (bicyclic) bond motifs is 1. The third-order valence-corrected chi connectivity index (χ3v) is 4.74. The number of nitrogens with one attached hydrogen (secondary N) is 1. The van der Waals surface area contributed by atoms with Crippen molar-refractivity contribution in [3.05, 3.63) is 53.6 Å². The normalized spacial score (nSPS) is 15.4. The molecule has 0 spiro atoms. The number of rotatable bonds is 5. The van der Waals surface area contributed by atoms with E-state index in [0.29, 0.717) is 12.1 Å². The van der Waals surface area contributed by atoms with Crippen LogP contribution in [0.5, 0.6) is 11.5 Å². The third-order valence-electron chi connectivity index (χ3n) is 4.74. The van der Waals surface area contributed by atoms with Gasteiger partial charge in [0, 0.05) is 30.9 Å². The molecule has 1 fully saturated rings. The van der Waals surface area contributed by atoms with E-state index < -0.39 is 0 Å². The highest BCUT2D eigenvalue weighted by Gasteiger charge is 2.14. The Balaban J connectivity index is 1.30. The molecule has 1 N–H and O–H groups in total. The number of amides is 1. The van der Waals surface area contributed by atoms with E-state index in [4.69, 9.17) is 9.47 Å². The van der Waals surface area contributed by atoms with Crippen LogP contribution in [0.15, 0.2) is 42.5 Å². The molecule has 0 aliphatic carbocycles. The fourth-order valence-electron chi connectivity index (χ4n) is 3.32. The van der Waals surface area contributed by atoms with E-state index in [9.17, 15) is 4.79 Å². The van der Waals surface area contributed by atoms with E-state index >= 15 is 0 Å². The van der Waals surface area contributed by atoms with Gasteiger partial charge < -0.3 is 19.7 Å². The fourth-order valence-corrected chi connectivity index (χ4v) is 3.32. The summed E-state index contributed by atoms with van der Waals surface area (Å²) in [4.78, 5) is 14.6. The summed E-state index contributed by atoms with van der Waals surface area (Å²) in [6.07, 6.45) is 3.26. The monoisotopic (exact) mass is 338 g/mol. The van der Waals surface area contributed by atoms with Crippen molar-refractivity contribution in [3.63, 3.8) is 0 Å². The van der Waals surface area contributed by atoms with Crippen molar-refractivity contribution in [1.29, 1.82) is 0 Å². The number of benzene rings is 2. The highest BCUT2D eigenvalue weighted by molar-refractivity contribution is 5.94. The number of hydrogen-bond donors (Lipinski definition) is 1. The van der Waals surface area contributed by atoms with Crippen LogP contribution in [0, 0.1) is 0 Å². The average molecular weight is 338 g/mol. The molecule has 130 valence electrons. The molecule has 2 aromatic carbocycles. The summed E-state index contributed by atoms with van der Waals surface area (Å²) in [7, 11) is 0. The van der Waals surface area contributed by atoms with Crippen molar-refractivity contribution in [2.45, 2.75) is 19.3 Å². The molecule has 2 aliphatic rings. The predicted molar refractivity (Wildman–Crippen MR) is 96.5 cm³/mol. The molecule has 4 rings (SSSR count). The number of carbonyl (C=O) groups is 1. The second kappa shape index (κ2) is 7.05. The van der Waals surface area contributed by atoms with Crippen molar-refractivity contribution < 1.29 is 14.3 Å². The first-order valence-electron chi connectivity index (χ1n) is 8.81. The Hall–Kier alpha value is -2.69. The van der Waals surface area contributed by atoms with Crippen LogP contribution in [0.2, 0.25) is 0 Å². The Morgan fingerprint density at radius 1 is 1.00 bits per heavy atom. The smallest absolute Gasteiger partial charge is 0.251 e. The largest absolute Gasteiger partial charge is 0.454 e. The van der Waals surface area contributed by atoms with Gasteiger partial charge in [-0.1, -0.05) is 6.07 Å². The van der Waals surface area contributed by atoms with Crippen LogP contribution in [0.4, 0.5) is 5.69 Å². The van der Waals surface area contributed by atoms with Gasteiger partial charge in [0.1, 0.15) is 0 Å². The summed E-state index contributed by atoms with van der Waals surface area (Å²) in [5, 5.41) is 2.98. The van der Waals surface area contributed by atoms with Crippen molar-refractivity contribution in [2.24, 2.45) is 0 Å². The molecule has 2 aliphatic heterocycles. The Labute approximate surface area is 147 Å². The van der Waals surface area contributed by atoms with Crippen molar-refractivity contribution >= 4 is 11.6 Å². The summed E-state index contributed by atoms with van der Waals surface area (Å²) in [5.41, 5.74) is 3.02. The Morgan fingerprint density at radius 3 is 2.56 bits per heavy atom. The zero-order chi connectivity index (χ0) is 17.1. The maximum Gasteiger partial charge on any atom is 0.251 e. The maximum atomic E-state index is 12.3. The molecule has 25 heavy (non-hydrogen) atoms. The van der Waals surface area contributed by atoms with Gasteiger partial charge in [0.25, 0.3) is 5.91 Å². The van der Waals surface area contributed by atoms with E-state index in [1.807, 2.05) is 42.5 Å². The molecular formula is C20H22N2O3. The van der Waals surface area contributed by atoms with E-state index in [1.54, 1.807) is 0 Å². The molecule has 0 radical (unpaired) electrons. The van der Waals surface area contributed by atoms with Gasteiger partial charge in [-0.15, -0.1) is 0 Å². The van der Waals surface area contributed by atoms with Crippen LogP contribution in [0.3, 0.4) is 0 Å². The number of nitrogens with zero attached hydrogens (tertiary/aromatic N) is 1. The van der Waals surface area contributed by atoms with Gasteiger partial charge >= 0.3 is 0 Å². The van der Waals surface area contributed by atoms with Crippen molar-refractivity contribution in [2.75, 3.05) is 31.3 Å². The van der Waals surface area contributed by atoms with Crippen LogP contribution in [-0.4, -0.2) is 32.3 Å². The van der Waals surface area contributed by atoms with Gasteiger partial charge in [0.15, 0.2) is 11.5 Å². The number of ether oxygens (including phenoxy) is 2. The lowest BCUT2D eigenvalue weighted by Crippen LogP contribution is -2.25. The zero-order valence-corrected chi connectivity index (χ0v) is 14.2. The van der Waals surface area contributed by atoms with Crippen LogP contribution in [0.1, 0.15) is 28.8 Å². The Kier molecular flexibility index (Phi) is 4.46. The summed E-state index contributed by atoms with van der Waals surface area (Å²) in [6.45, 7) is 3.09. The summed E-state index contributed by atoms with van der Waals surface area (Å²) in [6, 6.07) is 13.8. The Morgan fingerprint density at radius 2 is 1.76 bits per heavy atom. The molecule has 0 saturated carbocycles. The van der Waals surface area contributed by atoms with Crippen LogP contribution < -0.4 is 19.7 Å². The maximum absolute atomic E-state index is 12.3. The highest BCUT2D eigenvalue weighted by atomic mass is 16.7. The third kappa shape index (κ3) is 3.55. The van der Waals surface area contributed by atoms with Crippen LogP contribution in [-0.2, 0) is 6.42 Å². The van der Waals surface area contributed by atoms with Crippen molar-refractivity contribution in [1.82, 2.24) is 5.32 Å². The summed E-state index contributed by atoms with van der Waals surface area (Å²) >= 11 is 0. The molecule has 0 aromatic heterocycles. The molecule has 5 heteroatoms. The van der Waals surface area contributed by atoms with Gasteiger partial charge in [-0.3, -0.25) is 4.79 Å². The molecule has 2 aromatic rings. The second-order valence-electron chi connectivity index (χ2n) is 6.43. The minimum atomic E-state index is -0.0336. The zero-order valence-electron chi connectivity index (χ0n) is 14.2. The minimum absolute atomic E-state index is 0.0336. The number of carbonyl (C=O) groups excluding carboxylic acids is 1. The van der Waals surface area contributed by atoms with Gasteiger partial charge in [0.2, 0.25) is 6.79 Å². The number of hydrogen-bond acceptors (Lipinski definition) is 4. The topological polar surface area (TPSA) is 50.8 Å². The molecule has 1 saturated heterocycles. The lowest BCUT2D eigenvalue weighted by Gasteiger charge is -2.17. The molecule has 0 unspecified atom stereocenters. The molecule has 2 heterocycles. The Bertz CT molecular complexity index is 752. The van der Waals surface area contributed by atoms with E-state index in [1.165, 1.54) is 18.5 Å². The molecular weight excluding hydrogens is 316 g/mol. The first-order valence-corrected chi connectivity index (χ1v) is 8.81. The van der Waals surface area contributed by atoms with E-state index in [0.717, 1.165) is 36.6 Å². The summed E-state index contributed by atoms with van der Waals surface area (Å²) in [5.74, 6) is 1.53. The standard InChI is InChI=1S/C20H22N2O3/c23-20(16-4-6-17(7-5-16)22-11-1-2-12-22)21-10-9-15-3-8-18-19(13-15)25-14-24-18/h3-8,13H,1-2,9-12,14H2,(H,21,23). The first kappa shape index (κ1) is 15.8. The van der Waals surface area contributed by atoms with Crippen LogP contribution >= 0.6 is 0 Å². The van der Waals surface area contributed by atoms with Gasteiger partial charge in [-0.25, -0.2) is 0 Å². The van der Waals surface area contributed by atoms with Crippen molar-refractivity contribution in [3.8, 4) is 11.5 Å². The lowest BCUT2D eigenvalue weighted by atomic mass is 10.1. The molecule has 0 atom stereocenters. The quantitative estimate of drug-likeness (QED) is 0.911. The van der Waals surface area contributed by atoms with E-state index in [2.05, 4.69) is 10.2 Å². The summed E-state index contributed by atoms with van der Waals surface area (Å²) < 4.78 is 10.7. The lowest BCUT2D eigenvalue weighted by molar-refractivity contribution is 0.0954. The molecule has 0 bridgehead atoms. The van der Waals surface area contributed by atoms with Gasteiger partial charge in [-0.05, 0) is 61.2 Å². The van der Waals surface area contributed by atoms with E-state index in [-0.39, 0.29) is 12.7 Å². The number of anilines is 1. The van der Waals surface area contributed by atoms with Gasteiger partial charge in [-0.2, -0.15) is 0 Å². The van der Waals surface area contributed by atoms with Crippen LogP contribution in [0.25, 0.3) is 0 Å². The highest BCUT2D eigenvalue weighted by Crippen LogP contribution is 2.32. The predicted octanol–water partition coefficient (Wildman–Crippen LogP) is 2.99. The average Bonchev–Trinajstić information content (AvgIpc) is 3.33. The SMILES string of the molecule is O=C(NCCc1ccc2c(c1)OCO2)c1ccc(N2CCCC2)cc1.